The molecule has 0 saturated heterocycles. The highest BCUT2D eigenvalue weighted by atomic mass is 79.9. The number of aromatic nitrogens is 2. The Morgan fingerprint density at radius 2 is 2.00 bits per heavy atom. The third-order valence-electron chi connectivity index (χ3n) is 2.08. The van der Waals surface area contributed by atoms with Crippen LogP contribution in [0.5, 0.6) is 17.6 Å². The molecule has 5 nitrogen and oxygen atoms in total. The SMILES string of the molecule is COc1nc(Oc2ccc(C#N)cc2)ncc1Br. The van der Waals surface area contributed by atoms with Crippen LogP contribution in [0.25, 0.3) is 0 Å². The average Bonchev–Trinajstić information content (AvgIpc) is 2.42. The average molecular weight is 306 g/mol. The van der Waals surface area contributed by atoms with Crippen LogP contribution < -0.4 is 9.47 Å². The normalized spacial score (nSPS) is 9.61. The maximum atomic E-state index is 8.68. The Bertz CT molecular complexity index is 593. The lowest BCUT2D eigenvalue weighted by atomic mass is 10.2. The summed E-state index contributed by atoms with van der Waals surface area (Å²) in [6.45, 7) is 0. The lowest BCUT2D eigenvalue weighted by Crippen LogP contribution is -1.95. The van der Waals surface area contributed by atoms with E-state index < -0.39 is 0 Å². The van der Waals surface area contributed by atoms with Crippen LogP contribution in [0.1, 0.15) is 5.56 Å². The first-order valence-corrected chi connectivity index (χ1v) is 5.77. The van der Waals surface area contributed by atoms with Gasteiger partial charge in [-0.25, -0.2) is 4.98 Å². The maximum absolute atomic E-state index is 8.68. The lowest BCUT2D eigenvalue weighted by molar-refractivity contribution is 0.373. The molecular weight excluding hydrogens is 298 g/mol. The summed E-state index contributed by atoms with van der Waals surface area (Å²) in [5.41, 5.74) is 0.566. The van der Waals surface area contributed by atoms with Crippen molar-refractivity contribution >= 4 is 15.9 Å². The quantitative estimate of drug-likeness (QED) is 0.872. The van der Waals surface area contributed by atoms with E-state index in [2.05, 4.69) is 25.9 Å². The Balaban J connectivity index is 2.20. The first-order valence-electron chi connectivity index (χ1n) is 4.97. The lowest BCUT2D eigenvalue weighted by Gasteiger charge is -2.06. The van der Waals surface area contributed by atoms with Gasteiger partial charge in [0.15, 0.2) is 0 Å². The molecule has 0 saturated carbocycles. The Morgan fingerprint density at radius 1 is 1.28 bits per heavy atom. The highest BCUT2D eigenvalue weighted by Gasteiger charge is 2.06. The van der Waals surface area contributed by atoms with Crippen LogP contribution in [-0.2, 0) is 0 Å². The van der Waals surface area contributed by atoms with E-state index in [1.54, 1.807) is 30.5 Å². The molecule has 2 aromatic rings. The summed E-state index contributed by atoms with van der Waals surface area (Å²) in [5.74, 6) is 0.951. The van der Waals surface area contributed by atoms with Gasteiger partial charge in [0.2, 0.25) is 5.88 Å². The predicted molar refractivity (Wildman–Crippen MR) is 67.5 cm³/mol. The Hall–Kier alpha value is -2.13. The summed E-state index contributed by atoms with van der Waals surface area (Å²) in [6, 6.07) is 8.88. The van der Waals surface area contributed by atoms with Crippen LogP contribution >= 0.6 is 15.9 Å². The fourth-order valence-electron chi connectivity index (χ4n) is 1.23. The first kappa shape index (κ1) is 12.3. The fourth-order valence-corrected chi connectivity index (χ4v) is 1.58. The molecule has 0 unspecified atom stereocenters. The molecule has 0 aliphatic rings. The van der Waals surface area contributed by atoms with E-state index in [0.717, 1.165) is 0 Å². The molecule has 6 heteroatoms. The zero-order chi connectivity index (χ0) is 13.0. The summed E-state index contributed by atoms with van der Waals surface area (Å²) >= 11 is 3.25. The van der Waals surface area contributed by atoms with Crippen molar-refractivity contribution in [1.82, 2.24) is 9.97 Å². The van der Waals surface area contributed by atoms with E-state index >= 15 is 0 Å². The highest BCUT2D eigenvalue weighted by Crippen LogP contribution is 2.25. The summed E-state index contributed by atoms with van der Waals surface area (Å²) in [6.07, 6.45) is 1.55. The molecule has 90 valence electrons. The van der Waals surface area contributed by atoms with Crippen molar-refractivity contribution in [1.29, 1.82) is 5.26 Å². The van der Waals surface area contributed by atoms with Gasteiger partial charge in [0.1, 0.15) is 5.75 Å². The van der Waals surface area contributed by atoms with E-state index in [1.165, 1.54) is 7.11 Å². The van der Waals surface area contributed by atoms with E-state index in [1.807, 2.05) is 6.07 Å². The van der Waals surface area contributed by atoms with Gasteiger partial charge in [-0.2, -0.15) is 10.2 Å². The van der Waals surface area contributed by atoms with Crippen molar-refractivity contribution < 1.29 is 9.47 Å². The molecule has 0 radical (unpaired) electrons. The van der Waals surface area contributed by atoms with Crippen molar-refractivity contribution in [2.45, 2.75) is 0 Å². The van der Waals surface area contributed by atoms with E-state index in [-0.39, 0.29) is 6.01 Å². The summed E-state index contributed by atoms with van der Waals surface area (Å²) in [5, 5.41) is 8.68. The number of benzene rings is 1. The van der Waals surface area contributed by atoms with Crippen molar-refractivity contribution in [2.75, 3.05) is 7.11 Å². The minimum absolute atomic E-state index is 0.180. The number of ether oxygens (including phenoxy) is 2. The van der Waals surface area contributed by atoms with Gasteiger partial charge in [-0.1, -0.05) is 0 Å². The van der Waals surface area contributed by atoms with Crippen molar-refractivity contribution in [3.8, 4) is 23.7 Å². The smallest absolute Gasteiger partial charge is 0.325 e. The number of nitriles is 1. The van der Waals surface area contributed by atoms with Crippen molar-refractivity contribution in [3.05, 3.63) is 40.5 Å². The van der Waals surface area contributed by atoms with Gasteiger partial charge in [-0.05, 0) is 40.2 Å². The van der Waals surface area contributed by atoms with Crippen LogP contribution in [0.2, 0.25) is 0 Å². The second-order valence-corrected chi connectivity index (χ2v) is 4.10. The third kappa shape index (κ3) is 2.76. The molecule has 0 bridgehead atoms. The monoisotopic (exact) mass is 305 g/mol. The second-order valence-electron chi connectivity index (χ2n) is 3.25. The summed E-state index contributed by atoms with van der Waals surface area (Å²) < 4.78 is 11.1. The van der Waals surface area contributed by atoms with Gasteiger partial charge in [0.05, 0.1) is 29.4 Å². The minimum atomic E-state index is 0.180. The van der Waals surface area contributed by atoms with Gasteiger partial charge in [-0.3, -0.25) is 0 Å². The minimum Gasteiger partial charge on any atom is -0.480 e. The van der Waals surface area contributed by atoms with Gasteiger partial charge in [0, 0.05) is 0 Å². The highest BCUT2D eigenvalue weighted by molar-refractivity contribution is 9.10. The van der Waals surface area contributed by atoms with Crippen molar-refractivity contribution in [2.24, 2.45) is 0 Å². The number of rotatable bonds is 3. The second kappa shape index (κ2) is 5.47. The topological polar surface area (TPSA) is 68.0 Å². The molecule has 18 heavy (non-hydrogen) atoms. The standard InChI is InChI=1S/C12H8BrN3O2/c1-17-11-10(13)7-15-12(16-11)18-9-4-2-8(6-14)3-5-9/h2-5,7H,1H3. The summed E-state index contributed by atoms with van der Waals surface area (Å²) in [4.78, 5) is 8.06. The van der Waals surface area contributed by atoms with Crippen LogP contribution in [0, 0.1) is 11.3 Å². The zero-order valence-electron chi connectivity index (χ0n) is 9.42. The molecule has 0 aliphatic heterocycles. The first-order chi connectivity index (χ1) is 8.72. The van der Waals surface area contributed by atoms with Gasteiger partial charge >= 0.3 is 6.01 Å². The maximum Gasteiger partial charge on any atom is 0.325 e. The van der Waals surface area contributed by atoms with Crippen LogP contribution in [0.3, 0.4) is 0 Å². The number of hydrogen-bond donors (Lipinski definition) is 0. The Kier molecular flexibility index (Phi) is 3.75. The molecule has 2 rings (SSSR count). The predicted octanol–water partition coefficient (Wildman–Crippen LogP) is 2.91. The van der Waals surface area contributed by atoms with E-state index in [4.69, 9.17) is 14.7 Å². The van der Waals surface area contributed by atoms with E-state index in [9.17, 15) is 0 Å². The third-order valence-corrected chi connectivity index (χ3v) is 2.62. The van der Waals surface area contributed by atoms with Crippen molar-refractivity contribution in [3.63, 3.8) is 0 Å². The molecular formula is C12H8BrN3O2. The molecule has 1 heterocycles. The molecule has 0 atom stereocenters. The molecule has 0 N–H and O–H groups in total. The number of halogens is 1. The number of hydrogen-bond acceptors (Lipinski definition) is 5. The van der Waals surface area contributed by atoms with Gasteiger partial charge < -0.3 is 9.47 Å². The Morgan fingerprint density at radius 3 is 2.61 bits per heavy atom. The largest absolute Gasteiger partial charge is 0.480 e. The molecule has 0 amide bonds. The van der Waals surface area contributed by atoms with Gasteiger partial charge in [0.25, 0.3) is 0 Å². The molecule has 1 aromatic carbocycles. The van der Waals surface area contributed by atoms with E-state index in [0.29, 0.717) is 21.7 Å². The zero-order valence-corrected chi connectivity index (χ0v) is 11.0. The molecule has 0 aliphatic carbocycles. The molecule has 1 aromatic heterocycles. The fraction of sp³-hybridized carbons (Fsp3) is 0.0833. The van der Waals surface area contributed by atoms with Gasteiger partial charge in [-0.15, -0.1) is 0 Å². The molecule has 0 spiro atoms. The molecule has 0 fully saturated rings. The Labute approximate surface area is 112 Å². The summed E-state index contributed by atoms with van der Waals surface area (Å²) in [7, 11) is 1.51. The van der Waals surface area contributed by atoms with Crippen LogP contribution in [0.4, 0.5) is 0 Å². The number of nitrogens with zero attached hydrogens (tertiary/aromatic N) is 3. The number of methoxy groups -OCH3 is 1. The van der Waals surface area contributed by atoms with Crippen LogP contribution in [-0.4, -0.2) is 17.1 Å². The van der Waals surface area contributed by atoms with Crippen LogP contribution in [0.15, 0.2) is 34.9 Å².